The third kappa shape index (κ3) is 0.986. The monoisotopic (exact) mass is 182 g/mol. The Kier molecular flexibility index (Phi) is 1.66. The average molecular weight is 182 g/mol. The maximum atomic E-state index is 11.3. The zero-order valence-electron chi connectivity index (χ0n) is 7.24. The summed E-state index contributed by atoms with van der Waals surface area (Å²) in [5.41, 5.74) is -0.240. The molecule has 13 heavy (non-hydrogen) atoms. The number of carbonyl (C=O) groups excluding carboxylic acids is 1. The Morgan fingerprint density at radius 1 is 1.62 bits per heavy atom. The van der Waals surface area contributed by atoms with Crippen molar-refractivity contribution in [2.24, 2.45) is 0 Å². The van der Waals surface area contributed by atoms with Gasteiger partial charge in [-0.25, -0.2) is 4.79 Å². The standard InChI is InChI=1S/C9H10O4/c1-2-9(11)7-5-12-3-6(7)4-13-8(9)10/h3,5,11H,2,4H2,1H3/t9-/m0/s1. The second-order valence-electron chi connectivity index (χ2n) is 3.10. The van der Waals surface area contributed by atoms with Crippen molar-refractivity contribution in [2.45, 2.75) is 25.6 Å². The maximum absolute atomic E-state index is 11.3. The summed E-state index contributed by atoms with van der Waals surface area (Å²) in [4.78, 5) is 11.3. The molecule has 4 nitrogen and oxygen atoms in total. The van der Waals surface area contributed by atoms with Gasteiger partial charge in [-0.15, -0.1) is 0 Å². The zero-order valence-corrected chi connectivity index (χ0v) is 7.24. The lowest BCUT2D eigenvalue weighted by Gasteiger charge is -2.28. The number of rotatable bonds is 1. The molecule has 0 saturated heterocycles. The number of esters is 1. The molecule has 0 aliphatic carbocycles. The summed E-state index contributed by atoms with van der Waals surface area (Å²) in [5, 5.41) is 9.96. The summed E-state index contributed by atoms with van der Waals surface area (Å²) in [7, 11) is 0. The number of furan rings is 1. The number of ether oxygens (including phenoxy) is 1. The van der Waals surface area contributed by atoms with E-state index in [4.69, 9.17) is 9.15 Å². The van der Waals surface area contributed by atoms with Gasteiger partial charge in [0.15, 0.2) is 5.60 Å². The molecule has 1 aliphatic rings. The molecule has 1 aromatic rings. The molecule has 4 heteroatoms. The lowest BCUT2D eigenvalue weighted by atomic mass is 9.89. The molecule has 2 rings (SSSR count). The van der Waals surface area contributed by atoms with Crippen LogP contribution in [0, 0.1) is 0 Å². The smallest absolute Gasteiger partial charge is 0.343 e. The van der Waals surface area contributed by atoms with Crippen LogP contribution in [0.2, 0.25) is 0 Å². The molecule has 0 amide bonds. The van der Waals surface area contributed by atoms with Gasteiger partial charge in [0.25, 0.3) is 0 Å². The fraction of sp³-hybridized carbons (Fsp3) is 0.444. The number of carbonyl (C=O) groups is 1. The van der Waals surface area contributed by atoms with Crippen molar-refractivity contribution in [3.63, 3.8) is 0 Å². The zero-order chi connectivity index (χ0) is 9.47. The molecule has 0 bridgehead atoms. The Balaban J connectivity index is 2.54. The van der Waals surface area contributed by atoms with E-state index >= 15 is 0 Å². The van der Waals surface area contributed by atoms with Gasteiger partial charge in [0.1, 0.15) is 6.61 Å². The van der Waals surface area contributed by atoms with Crippen LogP contribution in [0.3, 0.4) is 0 Å². The Morgan fingerprint density at radius 2 is 2.38 bits per heavy atom. The minimum Gasteiger partial charge on any atom is -0.472 e. The average Bonchev–Trinajstić information content (AvgIpc) is 2.60. The van der Waals surface area contributed by atoms with Crippen molar-refractivity contribution in [3.8, 4) is 0 Å². The van der Waals surface area contributed by atoms with Gasteiger partial charge in [0.2, 0.25) is 0 Å². The summed E-state index contributed by atoms with van der Waals surface area (Å²) in [6.45, 7) is 1.91. The van der Waals surface area contributed by atoms with Crippen LogP contribution in [0.5, 0.6) is 0 Å². The largest absolute Gasteiger partial charge is 0.472 e. The summed E-state index contributed by atoms with van der Waals surface area (Å²) in [6, 6.07) is 0. The van der Waals surface area contributed by atoms with Crippen molar-refractivity contribution in [2.75, 3.05) is 0 Å². The van der Waals surface area contributed by atoms with E-state index in [0.717, 1.165) is 5.56 Å². The van der Waals surface area contributed by atoms with Crippen LogP contribution in [0.15, 0.2) is 16.9 Å². The Morgan fingerprint density at radius 3 is 3.08 bits per heavy atom. The van der Waals surface area contributed by atoms with Gasteiger partial charge in [-0.05, 0) is 6.42 Å². The highest BCUT2D eigenvalue weighted by Crippen LogP contribution is 2.34. The first-order valence-corrected chi connectivity index (χ1v) is 4.13. The highest BCUT2D eigenvalue weighted by molar-refractivity contribution is 5.82. The third-order valence-electron chi connectivity index (χ3n) is 2.40. The van der Waals surface area contributed by atoms with Gasteiger partial charge in [0, 0.05) is 11.1 Å². The SMILES string of the molecule is CC[C@@]1(O)C(=O)OCc2cocc21. The molecule has 70 valence electrons. The number of hydrogen-bond acceptors (Lipinski definition) is 4. The van der Waals surface area contributed by atoms with Crippen LogP contribution < -0.4 is 0 Å². The van der Waals surface area contributed by atoms with Crippen LogP contribution in [0.25, 0.3) is 0 Å². The second-order valence-corrected chi connectivity index (χ2v) is 3.10. The predicted octanol–water partition coefficient (Wildman–Crippen LogP) is 0.934. The Bertz CT molecular complexity index is 341. The van der Waals surface area contributed by atoms with E-state index in [0.29, 0.717) is 12.0 Å². The van der Waals surface area contributed by atoms with Gasteiger partial charge in [0.05, 0.1) is 12.5 Å². The normalized spacial score (nSPS) is 26.8. The van der Waals surface area contributed by atoms with Crippen molar-refractivity contribution in [3.05, 3.63) is 23.7 Å². The van der Waals surface area contributed by atoms with E-state index in [9.17, 15) is 9.90 Å². The molecule has 0 aromatic carbocycles. The summed E-state index contributed by atoms with van der Waals surface area (Å²) in [5.74, 6) is -0.594. The van der Waals surface area contributed by atoms with Gasteiger partial charge < -0.3 is 14.3 Å². The molecule has 1 atom stereocenters. The van der Waals surface area contributed by atoms with Crippen molar-refractivity contribution < 1.29 is 19.1 Å². The number of aliphatic hydroxyl groups is 1. The fourth-order valence-electron chi connectivity index (χ4n) is 1.51. The van der Waals surface area contributed by atoms with E-state index in [1.54, 1.807) is 6.92 Å². The number of hydrogen-bond donors (Lipinski definition) is 1. The second kappa shape index (κ2) is 2.60. The molecule has 1 aromatic heterocycles. The first kappa shape index (κ1) is 8.31. The first-order valence-electron chi connectivity index (χ1n) is 4.13. The van der Waals surface area contributed by atoms with Crippen LogP contribution in [-0.2, 0) is 21.7 Å². The van der Waals surface area contributed by atoms with E-state index in [2.05, 4.69) is 0 Å². The Labute approximate surface area is 75.1 Å². The molecule has 0 spiro atoms. The third-order valence-corrected chi connectivity index (χ3v) is 2.40. The highest BCUT2D eigenvalue weighted by atomic mass is 16.6. The molecule has 0 fully saturated rings. The van der Waals surface area contributed by atoms with Crippen LogP contribution in [0.4, 0.5) is 0 Å². The molecular weight excluding hydrogens is 172 g/mol. The van der Waals surface area contributed by atoms with Crippen LogP contribution >= 0.6 is 0 Å². The van der Waals surface area contributed by atoms with Crippen LogP contribution in [-0.4, -0.2) is 11.1 Å². The van der Waals surface area contributed by atoms with Crippen LogP contribution in [0.1, 0.15) is 24.5 Å². The lowest BCUT2D eigenvalue weighted by Crippen LogP contribution is -2.40. The maximum Gasteiger partial charge on any atom is 0.343 e. The minimum atomic E-state index is -1.51. The van der Waals surface area contributed by atoms with E-state index in [1.807, 2.05) is 0 Å². The predicted molar refractivity (Wildman–Crippen MR) is 42.7 cm³/mol. The molecule has 1 N–H and O–H groups in total. The molecule has 2 heterocycles. The summed E-state index contributed by atoms with van der Waals surface area (Å²) >= 11 is 0. The van der Waals surface area contributed by atoms with Crippen molar-refractivity contribution in [1.82, 2.24) is 0 Å². The van der Waals surface area contributed by atoms with Gasteiger partial charge in [-0.3, -0.25) is 0 Å². The van der Waals surface area contributed by atoms with Gasteiger partial charge >= 0.3 is 5.97 Å². The molecule has 0 saturated carbocycles. The molecule has 1 aliphatic heterocycles. The van der Waals surface area contributed by atoms with E-state index in [-0.39, 0.29) is 6.61 Å². The van der Waals surface area contributed by atoms with Gasteiger partial charge in [-0.1, -0.05) is 6.92 Å². The van der Waals surface area contributed by atoms with E-state index < -0.39 is 11.6 Å². The van der Waals surface area contributed by atoms with Crippen molar-refractivity contribution >= 4 is 5.97 Å². The molecule has 0 unspecified atom stereocenters. The Hall–Kier alpha value is -1.29. The molecular formula is C9H10O4. The quantitative estimate of drug-likeness (QED) is 0.656. The summed E-state index contributed by atoms with van der Waals surface area (Å²) < 4.78 is 9.74. The van der Waals surface area contributed by atoms with E-state index in [1.165, 1.54) is 12.5 Å². The van der Waals surface area contributed by atoms with Crippen molar-refractivity contribution in [1.29, 1.82) is 0 Å². The lowest BCUT2D eigenvalue weighted by molar-refractivity contribution is -0.172. The number of fused-ring (bicyclic) bond motifs is 1. The minimum absolute atomic E-state index is 0.187. The number of cyclic esters (lactones) is 1. The van der Waals surface area contributed by atoms with Gasteiger partial charge in [-0.2, -0.15) is 0 Å². The first-order chi connectivity index (χ1) is 6.18. The fourth-order valence-corrected chi connectivity index (χ4v) is 1.51. The topological polar surface area (TPSA) is 59.7 Å². The highest BCUT2D eigenvalue weighted by Gasteiger charge is 2.43. The molecule has 0 radical (unpaired) electrons. The summed E-state index contributed by atoms with van der Waals surface area (Å²) in [6.07, 6.45) is 3.18.